The van der Waals surface area contributed by atoms with Crippen LogP contribution in [0.15, 0.2) is 23.1 Å². The summed E-state index contributed by atoms with van der Waals surface area (Å²) >= 11 is 0. The topological polar surface area (TPSA) is 106 Å². The average molecular weight is 198 g/mol. The predicted octanol–water partition coefficient (Wildman–Crippen LogP) is -1.03. The van der Waals surface area contributed by atoms with Gasteiger partial charge < -0.3 is 20.5 Å². The van der Waals surface area contributed by atoms with Crippen molar-refractivity contribution in [2.45, 2.75) is 12.6 Å². The lowest BCUT2D eigenvalue weighted by Crippen LogP contribution is -2.37. The van der Waals surface area contributed by atoms with Gasteiger partial charge in [0.1, 0.15) is 11.8 Å². The van der Waals surface area contributed by atoms with E-state index in [0.29, 0.717) is 0 Å². The first-order valence-electron chi connectivity index (χ1n) is 3.88. The molecule has 1 rings (SSSR count). The van der Waals surface area contributed by atoms with Crippen LogP contribution in [0.25, 0.3) is 0 Å². The molecule has 0 saturated carbocycles. The molecule has 0 aliphatic heterocycles. The molecular weight excluding hydrogens is 188 g/mol. The first-order chi connectivity index (χ1) is 6.50. The highest BCUT2D eigenvalue weighted by atomic mass is 16.4. The summed E-state index contributed by atoms with van der Waals surface area (Å²) in [7, 11) is 0. The summed E-state index contributed by atoms with van der Waals surface area (Å²) in [6, 6.07) is 1.15. The number of nitrogens with zero attached hydrogens (tertiary/aromatic N) is 1. The molecule has 0 fully saturated rings. The van der Waals surface area contributed by atoms with E-state index in [-0.39, 0.29) is 12.3 Å². The van der Waals surface area contributed by atoms with Crippen molar-refractivity contribution >= 4 is 5.97 Å². The maximum Gasteiger partial charge on any atom is 0.322 e. The van der Waals surface area contributed by atoms with Crippen LogP contribution in [0.3, 0.4) is 0 Å². The molecule has 14 heavy (non-hydrogen) atoms. The van der Waals surface area contributed by atoms with E-state index in [1.165, 1.54) is 12.3 Å². The monoisotopic (exact) mass is 198 g/mol. The van der Waals surface area contributed by atoms with Crippen molar-refractivity contribution in [3.05, 3.63) is 28.7 Å². The summed E-state index contributed by atoms with van der Waals surface area (Å²) in [5, 5.41) is 17.4. The van der Waals surface area contributed by atoms with Crippen LogP contribution in [0.4, 0.5) is 0 Å². The van der Waals surface area contributed by atoms with Crippen molar-refractivity contribution in [2.24, 2.45) is 5.73 Å². The molecule has 0 bridgehead atoms. The van der Waals surface area contributed by atoms with Crippen LogP contribution in [-0.4, -0.2) is 26.8 Å². The van der Waals surface area contributed by atoms with Crippen molar-refractivity contribution in [3.8, 4) is 5.75 Å². The Kier molecular flexibility index (Phi) is 2.88. The molecule has 1 unspecified atom stereocenters. The third-order valence-corrected chi connectivity index (χ3v) is 1.69. The summed E-state index contributed by atoms with van der Waals surface area (Å²) in [6.07, 6.45) is 1.29. The van der Waals surface area contributed by atoms with E-state index in [2.05, 4.69) is 0 Å². The van der Waals surface area contributed by atoms with Crippen molar-refractivity contribution in [3.63, 3.8) is 0 Å². The first-order valence-corrected chi connectivity index (χ1v) is 3.88. The molecule has 0 aromatic carbocycles. The zero-order valence-electron chi connectivity index (χ0n) is 7.25. The summed E-state index contributed by atoms with van der Waals surface area (Å²) in [5.41, 5.74) is 4.75. The largest absolute Gasteiger partial charge is 0.508 e. The number of aliphatic carboxylic acids is 1. The predicted molar refractivity (Wildman–Crippen MR) is 48.0 cm³/mol. The van der Waals surface area contributed by atoms with Gasteiger partial charge in [-0.3, -0.25) is 9.59 Å². The average Bonchev–Trinajstić information content (AvgIpc) is 2.09. The number of carboxylic acid groups (broad SMARTS) is 1. The van der Waals surface area contributed by atoms with Gasteiger partial charge in [-0.1, -0.05) is 0 Å². The van der Waals surface area contributed by atoms with Gasteiger partial charge in [-0.25, -0.2) is 0 Å². The van der Waals surface area contributed by atoms with Crippen LogP contribution in [0.2, 0.25) is 0 Å². The molecule has 0 radical (unpaired) electrons. The SMILES string of the molecule is NC(Cn1ccc(O)cc1=O)C(=O)O. The van der Waals surface area contributed by atoms with E-state index in [1.54, 1.807) is 0 Å². The highest BCUT2D eigenvalue weighted by molar-refractivity contribution is 5.72. The second-order valence-electron chi connectivity index (χ2n) is 2.82. The molecule has 6 heteroatoms. The van der Waals surface area contributed by atoms with Crippen molar-refractivity contribution in [2.75, 3.05) is 0 Å². The Morgan fingerprint density at radius 2 is 2.29 bits per heavy atom. The number of pyridine rings is 1. The molecule has 0 saturated heterocycles. The number of carboxylic acids is 1. The number of hydrogen-bond donors (Lipinski definition) is 3. The van der Waals surface area contributed by atoms with Gasteiger partial charge in [-0.05, 0) is 6.07 Å². The van der Waals surface area contributed by atoms with Gasteiger partial charge >= 0.3 is 5.97 Å². The number of nitrogens with two attached hydrogens (primary N) is 1. The Bertz CT molecular complexity index is 399. The molecule has 1 heterocycles. The highest BCUT2D eigenvalue weighted by Crippen LogP contribution is 2.01. The maximum absolute atomic E-state index is 11.2. The summed E-state index contributed by atoms with van der Waals surface area (Å²) in [5.74, 6) is -1.33. The summed E-state index contributed by atoms with van der Waals surface area (Å²) in [6.45, 7) is -0.117. The van der Waals surface area contributed by atoms with Crippen LogP contribution in [-0.2, 0) is 11.3 Å². The second-order valence-corrected chi connectivity index (χ2v) is 2.82. The Balaban J connectivity index is 2.88. The lowest BCUT2D eigenvalue weighted by Gasteiger charge is -2.08. The molecule has 76 valence electrons. The van der Waals surface area contributed by atoms with Crippen LogP contribution in [0.1, 0.15) is 0 Å². The molecule has 0 aliphatic carbocycles. The van der Waals surface area contributed by atoms with Gasteiger partial charge in [0, 0.05) is 12.3 Å². The van der Waals surface area contributed by atoms with Crippen LogP contribution >= 0.6 is 0 Å². The van der Waals surface area contributed by atoms with E-state index in [4.69, 9.17) is 15.9 Å². The number of aromatic hydroxyl groups is 1. The second kappa shape index (κ2) is 3.93. The molecular formula is C8H10N2O4. The number of rotatable bonds is 3. The van der Waals surface area contributed by atoms with Crippen molar-refractivity contribution < 1.29 is 15.0 Å². The van der Waals surface area contributed by atoms with Crippen molar-refractivity contribution in [1.29, 1.82) is 0 Å². The van der Waals surface area contributed by atoms with E-state index in [0.717, 1.165) is 10.6 Å². The van der Waals surface area contributed by atoms with E-state index < -0.39 is 17.6 Å². The molecule has 1 atom stereocenters. The molecule has 0 amide bonds. The van der Waals surface area contributed by atoms with Crippen LogP contribution in [0.5, 0.6) is 5.75 Å². The Morgan fingerprint density at radius 3 is 2.79 bits per heavy atom. The fourth-order valence-corrected chi connectivity index (χ4v) is 0.938. The van der Waals surface area contributed by atoms with Gasteiger partial charge in [0.05, 0.1) is 6.54 Å². The first kappa shape index (κ1) is 10.3. The van der Waals surface area contributed by atoms with Gasteiger partial charge in [0.2, 0.25) is 0 Å². The van der Waals surface area contributed by atoms with Gasteiger partial charge in [-0.2, -0.15) is 0 Å². The van der Waals surface area contributed by atoms with Gasteiger partial charge in [0.25, 0.3) is 5.56 Å². The van der Waals surface area contributed by atoms with E-state index >= 15 is 0 Å². The number of aromatic nitrogens is 1. The van der Waals surface area contributed by atoms with E-state index in [1.807, 2.05) is 0 Å². The molecule has 1 aromatic heterocycles. The zero-order chi connectivity index (χ0) is 10.7. The maximum atomic E-state index is 11.2. The molecule has 4 N–H and O–H groups in total. The lowest BCUT2D eigenvalue weighted by atomic mass is 10.3. The minimum absolute atomic E-state index is 0.117. The lowest BCUT2D eigenvalue weighted by molar-refractivity contribution is -0.138. The smallest absolute Gasteiger partial charge is 0.322 e. The quantitative estimate of drug-likeness (QED) is 0.575. The Labute approximate surface area is 79.2 Å². The third-order valence-electron chi connectivity index (χ3n) is 1.69. The van der Waals surface area contributed by atoms with Crippen LogP contribution in [0, 0.1) is 0 Å². The molecule has 1 aromatic rings. The summed E-state index contributed by atoms with van der Waals surface area (Å²) < 4.78 is 1.12. The number of carbonyl (C=O) groups is 1. The zero-order valence-corrected chi connectivity index (χ0v) is 7.25. The minimum atomic E-state index is -1.18. The van der Waals surface area contributed by atoms with E-state index in [9.17, 15) is 9.59 Å². The summed E-state index contributed by atoms with van der Waals surface area (Å²) in [4.78, 5) is 21.5. The van der Waals surface area contributed by atoms with Crippen LogP contribution < -0.4 is 11.3 Å². The van der Waals surface area contributed by atoms with Gasteiger partial charge in [-0.15, -0.1) is 0 Å². The fraction of sp³-hybridized carbons (Fsp3) is 0.250. The Hall–Kier alpha value is -1.82. The Morgan fingerprint density at radius 1 is 1.64 bits per heavy atom. The number of hydrogen-bond acceptors (Lipinski definition) is 4. The highest BCUT2D eigenvalue weighted by Gasteiger charge is 2.12. The standard InChI is InChI=1S/C8H10N2O4/c9-6(8(13)14)4-10-2-1-5(11)3-7(10)12/h1-3,6,11H,4,9H2,(H,13,14). The normalized spacial score (nSPS) is 12.4. The minimum Gasteiger partial charge on any atom is -0.508 e. The third kappa shape index (κ3) is 2.33. The molecule has 0 aliphatic rings. The molecule has 6 nitrogen and oxygen atoms in total. The molecule has 0 spiro atoms. The van der Waals surface area contributed by atoms with Gasteiger partial charge in [0.15, 0.2) is 0 Å². The fourth-order valence-electron chi connectivity index (χ4n) is 0.938. The van der Waals surface area contributed by atoms with Crippen molar-refractivity contribution in [1.82, 2.24) is 4.57 Å².